The molecule has 1 amide bonds. The van der Waals surface area contributed by atoms with Crippen molar-refractivity contribution in [2.24, 2.45) is 0 Å². The molecule has 4 rings (SSSR count). The van der Waals surface area contributed by atoms with Crippen LogP contribution < -0.4 is 10.6 Å². The van der Waals surface area contributed by atoms with Gasteiger partial charge in [0, 0.05) is 50.0 Å². The van der Waals surface area contributed by atoms with Crippen molar-refractivity contribution in [1.29, 1.82) is 0 Å². The molecule has 0 aliphatic carbocycles. The summed E-state index contributed by atoms with van der Waals surface area (Å²) in [5, 5.41) is 0.0169. The number of aromatic nitrogens is 2. The molecule has 1 aliphatic rings. The maximum atomic E-state index is 13.7. The van der Waals surface area contributed by atoms with Crippen LogP contribution in [-0.2, 0) is 11.3 Å². The summed E-state index contributed by atoms with van der Waals surface area (Å²) in [6.45, 7) is 10.5. The summed E-state index contributed by atoms with van der Waals surface area (Å²) in [6, 6.07) is 12.2. The second-order valence-electron chi connectivity index (χ2n) is 8.78. The molecule has 6 nitrogen and oxygen atoms in total. The van der Waals surface area contributed by atoms with Gasteiger partial charge in [-0.1, -0.05) is 37.2 Å². The molecule has 0 radical (unpaired) electrons. The van der Waals surface area contributed by atoms with E-state index in [9.17, 15) is 14.0 Å². The van der Waals surface area contributed by atoms with Crippen LogP contribution in [-0.4, -0.2) is 45.6 Å². The molecule has 3 aromatic rings. The minimum Gasteiger partial charge on any atom is -0.309 e. The van der Waals surface area contributed by atoms with Gasteiger partial charge in [0.05, 0.1) is 16.1 Å². The number of benzene rings is 2. The van der Waals surface area contributed by atoms with Gasteiger partial charge in [0.15, 0.2) is 0 Å². The molecule has 0 N–H and O–H groups in total. The summed E-state index contributed by atoms with van der Waals surface area (Å²) in [6.07, 6.45) is 1.96. The second-order valence-corrected chi connectivity index (χ2v) is 9.19. The third-order valence-electron chi connectivity index (χ3n) is 6.53. The largest absolute Gasteiger partial charge is 0.333 e. The van der Waals surface area contributed by atoms with Gasteiger partial charge in [-0.2, -0.15) is 0 Å². The number of imidazole rings is 1. The number of hydrogen-bond donors (Lipinski definition) is 0. The minimum atomic E-state index is -0.493. The van der Waals surface area contributed by atoms with E-state index in [2.05, 4.69) is 11.5 Å². The summed E-state index contributed by atoms with van der Waals surface area (Å²) in [5.74, 6) is -0.493. The first-order valence-electron chi connectivity index (χ1n) is 11.7. The van der Waals surface area contributed by atoms with Gasteiger partial charge in [-0.05, 0) is 50.1 Å². The smallest absolute Gasteiger partial charge is 0.309 e. The average Bonchev–Trinajstić information content (AvgIpc) is 3.12. The van der Waals surface area contributed by atoms with Gasteiger partial charge < -0.3 is 9.80 Å². The van der Waals surface area contributed by atoms with Crippen LogP contribution in [0.1, 0.15) is 33.1 Å². The van der Waals surface area contributed by atoms with E-state index in [1.807, 2.05) is 42.7 Å². The lowest BCUT2D eigenvalue weighted by Gasteiger charge is -2.38. The molecule has 0 spiro atoms. The van der Waals surface area contributed by atoms with E-state index in [0.29, 0.717) is 24.4 Å². The van der Waals surface area contributed by atoms with Crippen molar-refractivity contribution in [2.45, 2.75) is 45.7 Å². The van der Waals surface area contributed by atoms with Crippen LogP contribution in [0.15, 0.2) is 53.8 Å². The van der Waals surface area contributed by atoms with Gasteiger partial charge in [0.2, 0.25) is 5.91 Å². The molecule has 0 bridgehead atoms. The number of anilines is 1. The van der Waals surface area contributed by atoms with Crippen LogP contribution in [0.25, 0.3) is 16.7 Å². The molecule has 1 saturated heterocycles. The number of nitrogens with zero attached hydrogens (tertiary/aromatic N) is 4. The van der Waals surface area contributed by atoms with Gasteiger partial charge in [0.25, 0.3) is 0 Å². The van der Waals surface area contributed by atoms with Crippen LogP contribution in [0.4, 0.5) is 10.1 Å². The Morgan fingerprint density at radius 2 is 1.82 bits per heavy atom. The summed E-state index contributed by atoms with van der Waals surface area (Å²) in [5.41, 5.74) is 3.03. The fourth-order valence-electron chi connectivity index (χ4n) is 4.80. The normalized spacial score (nSPS) is 15.1. The Bertz CT molecular complexity index is 1270. The van der Waals surface area contributed by atoms with E-state index in [0.717, 1.165) is 43.5 Å². The van der Waals surface area contributed by atoms with E-state index in [1.54, 1.807) is 15.5 Å². The number of amides is 1. The van der Waals surface area contributed by atoms with E-state index in [1.165, 1.54) is 12.1 Å². The van der Waals surface area contributed by atoms with Crippen LogP contribution in [0, 0.1) is 5.82 Å². The first-order chi connectivity index (χ1) is 16.3. The quantitative estimate of drug-likeness (QED) is 0.474. The number of halogens is 2. The molecule has 2 aromatic carbocycles. The lowest BCUT2D eigenvalue weighted by atomic mass is 10.0. The molecule has 1 fully saturated rings. The maximum Gasteiger partial charge on any atom is 0.333 e. The van der Waals surface area contributed by atoms with Crippen molar-refractivity contribution >= 4 is 39.9 Å². The Hall–Kier alpha value is -2.90. The highest BCUT2D eigenvalue weighted by atomic mass is 35.5. The van der Waals surface area contributed by atoms with Crippen molar-refractivity contribution in [1.82, 2.24) is 14.0 Å². The lowest BCUT2D eigenvalue weighted by Crippen LogP contribution is -2.48. The number of rotatable bonds is 7. The minimum absolute atomic E-state index is 0.000261. The predicted octanol–water partition coefficient (Wildman–Crippen LogP) is 4.99. The Balaban J connectivity index is 1.45. The number of fused-ring (bicyclic) bond motifs is 1. The van der Waals surface area contributed by atoms with E-state index < -0.39 is 5.82 Å². The molecule has 0 saturated carbocycles. The number of likely N-dealkylation sites (tertiary alicyclic amines) is 1. The standard InChI is InChI=1S/C26H30ClFN4O2/c1-4-25(33)32(20-9-10-22(28)21(27)17-20)19-11-13-29(14-12-19)15-16-30-23-7-5-6-8-24(23)31(18(2)3)26(30)34/h5-10,17,19H,2,4,11-16H2,1,3H3. The van der Waals surface area contributed by atoms with Crippen molar-refractivity contribution in [3.63, 3.8) is 0 Å². The Kier molecular flexibility index (Phi) is 7.24. The molecule has 0 atom stereocenters. The van der Waals surface area contributed by atoms with E-state index in [4.69, 9.17) is 11.6 Å². The number of para-hydroxylation sites is 2. The van der Waals surface area contributed by atoms with Crippen molar-refractivity contribution in [3.05, 3.63) is 70.4 Å². The highest BCUT2D eigenvalue weighted by Gasteiger charge is 2.29. The van der Waals surface area contributed by atoms with Gasteiger partial charge >= 0.3 is 5.69 Å². The summed E-state index contributed by atoms with van der Waals surface area (Å²) in [4.78, 5) is 29.9. The summed E-state index contributed by atoms with van der Waals surface area (Å²) < 4.78 is 17.1. The second kappa shape index (κ2) is 10.2. The van der Waals surface area contributed by atoms with Crippen LogP contribution >= 0.6 is 11.6 Å². The molecule has 1 aliphatic heterocycles. The van der Waals surface area contributed by atoms with E-state index >= 15 is 0 Å². The number of hydrogen-bond acceptors (Lipinski definition) is 3. The van der Waals surface area contributed by atoms with Crippen LogP contribution in [0.3, 0.4) is 0 Å². The molecular weight excluding hydrogens is 455 g/mol. The van der Waals surface area contributed by atoms with Crippen LogP contribution in [0.5, 0.6) is 0 Å². The van der Waals surface area contributed by atoms with Crippen molar-refractivity contribution < 1.29 is 9.18 Å². The molecule has 180 valence electrons. The highest BCUT2D eigenvalue weighted by molar-refractivity contribution is 6.31. The van der Waals surface area contributed by atoms with Gasteiger partial charge in [0.1, 0.15) is 5.82 Å². The molecular formula is C26H30ClFN4O2. The SMILES string of the molecule is C=C(C)n1c(=O)n(CCN2CCC(N(C(=O)CC)c3ccc(F)c(Cl)c3)CC2)c2ccccc21. The first-order valence-corrected chi connectivity index (χ1v) is 12.0. The predicted molar refractivity (Wildman–Crippen MR) is 136 cm³/mol. The fraction of sp³-hybridized carbons (Fsp3) is 0.385. The Labute approximate surface area is 203 Å². The van der Waals surface area contributed by atoms with Crippen molar-refractivity contribution in [3.8, 4) is 0 Å². The highest BCUT2D eigenvalue weighted by Crippen LogP contribution is 2.28. The number of piperidine rings is 1. The molecule has 8 heteroatoms. The van der Waals surface area contributed by atoms with E-state index in [-0.39, 0.29) is 22.7 Å². The molecule has 0 unspecified atom stereocenters. The zero-order valence-corrected chi connectivity index (χ0v) is 20.4. The maximum absolute atomic E-state index is 13.7. The number of carbonyl (C=O) groups is 1. The third-order valence-corrected chi connectivity index (χ3v) is 6.82. The fourth-order valence-corrected chi connectivity index (χ4v) is 4.97. The molecule has 1 aromatic heterocycles. The van der Waals surface area contributed by atoms with Gasteiger partial charge in [-0.25, -0.2) is 9.18 Å². The average molecular weight is 485 g/mol. The molecule has 34 heavy (non-hydrogen) atoms. The summed E-state index contributed by atoms with van der Waals surface area (Å²) in [7, 11) is 0. The topological polar surface area (TPSA) is 50.5 Å². The monoisotopic (exact) mass is 484 g/mol. The Morgan fingerprint density at radius 3 is 2.44 bits per heavy atom. The van der Waals surface area contributed by atoms with Gasteiger partial charge in [-0.15, -0.1) is 0 Å². The third kappa shape index (κ3) is 4.68. The van der Waals surface area contributed by atoms with Gasteiger partial charge in [-0.3, -0.25) is 13.9 Å². The Morgan fingerprint density at radius 1 is 1.15 bits per heavy atom. The lowest BCUT2D eigenvalue weighted by molar-refractivity contribution is -0.119. The van der Waals surface area contributed by atoms with Crippen molar-refractivity contribution in [2.75, 3.05) is 24.5 Å². The zero-order valence-electron chi connectivity index (χ0n) is 19.6. The first kappa shape index (κ1) is 24.2. The zero-order chi connectivity index (χ0) is 24.4. The number of carbonyl (C=O) groups excluding carboxylic acids is 1. The van der Waals surface area contributed by atoms with Crippen LogP contribution in [0.2, 0.25) is 5.02 Å². The molecule has 2 heterocycles. The number of allylic oxidation sites excluding steroid dienone is 1. The summed E-state index contributed by atoms with van der Waals surface area (Å²) >= 11 is 5.99.